The zero-order chi connectivity index (χ0) is 13.3. The molecule has 1 fully saturated rings. The summed E-state index contributed by atoms with van der Waals surface area (Å²) in [6.45, 7) is 5.27. The highest BCUT2D eigenvalue weighted by atomic mass is 16.5. The van der Waals surface area contributed by atoms with Gasteiger partial charge >= 0.3 is 0 Å². The van der Waals surface area contributed by atoms with E-state index in [0.717, 1.165) is 38.3 Å². The molecule has 1 unspecified atom stereocenters. The van der Waals surface area contributed by atoms with E-state index in [9.17, 15) is 0 Å². The SMILES string of the molecule is CCn1nc(CC2(CN)CCOC2)c2ccccc21. The number of hydrogen-bond donors (Lipinski definition) is 1. The van der Waals surface area contributed by atoms with E-state index in [1.54, 1.807) is 0 Å². The maximum absolute atomic E-state index is 5.99. The molecule has 2 heterocycles. The van der Waals surface area contributed by atoms with Crippen molar-refractivity contribution in [2.75, 3.05) is 19.8 Å². The Bertz CT molecular complexity index is 570. The highest BCUT2D eigenvalue weighted by molar-refractivity contribution is 5.82. The van der Waals surface area contributed by atoms with Crippen molar-refractivity contribution in [2.24, 2.45) is 11.1 Å². The van der Waals surface area contributed by atoms with Gasteiger partial charge in [0, 0.05) is 36.9 Å². The second-order valence-electron chi connectivity index (χ2n) is 5.46. The zero-order valence-corrected chi connectivity index (χ0v) is 11.4. The Labute approximate surface area is 113 Å². The van der Waals surface area contributed by atoms with E-state index in [-0.39, 0.29) is 5.41 Å². The maximum atomic E-state index is 5.99. The number of benzene rings is 1. The molecule has 0 spiro atoms. The summed E-state index contributed by atoms with van der Waals surface area (Å²) < 4.78 is 7.63. The van der Waals surface area contributed by atoms with Crippen LogP contribution in [0.4, 0.5) is 0 Å². The van der Waals surface area contributed by atoms with Crippen LogP contribution >= 0.6 is 0 Å². The molecule has 0 bridgehead atoms. The van der Waals surface area contributed by atoms with E-state index in [1.165, 1.54) is 10.9 Å². The minimum Gasteiger partial charge on any atom is -0.381 e. The first-order chi connectivity index (χ1) is 9.28. The number of nitrogens with two attached hydrogens (primary N) is 1. The van der Waals surface area contributed by atoms with Crippen LogP contribution in [0.1, 0.15) is 19.0 Å². The van der Waals surface area contributed by atoms with Crippen molar-refractivity contribution in [1.82, 2.24) is 9.78 Å². The number of para-hydroxylation sites is 1. The Morgan fingerprint density at radius 3 is 2.95 bits per heavy atom. The molecule has 2 aromatic rings. The van der Waals surface area contributed by atoms with E-state index in [0.29, 0.717) is 6.54 Å². The predicted molar refractivity (Wildman–Crippen MR) is 76.0 cm³/mol. The van der Waals surface area contributed by atoms with E-state index >= 15 is 0 Å². The van der Waals surface area contributed by atoms with E-state index < -0.39 is 0 Å². The molecule has 4 nitrogen and oxygen atoms in total. The van der Waals surface area contributed by atoms with Gasteiger partial charge in [-0.3, -0.25) is 4.68 Å². The molecule has 3 rings (SSSR count). The summed E-state index contributed by atoms with van der Waals surface area (Å²) >= 11 is 0. The molecule has 1 aromatic carbocycles. The largest absolute Gasteiger partial charge is 0.381 e. The Balaban J connectivity index is 2.01. The third-order valence-electron chi connectivity index (χ3n) is 4.19. The van der Waals surface area contributed by atoms with Gasteiger partial charge < -0.3 is 10.5 Å². The minimum atomic E-state index is 0.0791. The van der Waals surface area contributed by atoms with Gasteiger partial charge in [0.2, 0.25) is 0 Å². The lowest BCUT2D eigenvalue weighted by Gasteiger charge is -2.24. The second kappa shape index (κ2) is 4.94. The summed E-state index contributed by atoms with van der Waals surface area (Å²) in [6, 6.07) is 8.44. The average molecular weight is 259 g/mol. The highest BCUT2D eigenvalue weighted by Crippen LogP contribution is 2.33. The van der Waals surface area contributed by atoms with Crippen molar-refractivity contribution in [2.45, 2.75) is 26.3 Å². The molecule has 0 radical (unpaired) electrons. The Kier molecular flexibility index (Phi) is 3.29. The third-order valence-corrected chi connectivity index (χ3v) is 4.19. The van der Waals surface area contributed by atoms with Gasteiger partial charge in [-0.15, -0.1) is 0 Å². The molecular formula is C15H21N3O. The highest BCUT2D eigenvalue weighted by Gasteiger charge is 2.35. The van der Waals surface area contributed by atoms with Crippen LogP contribution in [-0.4, -0.2) is 29.5 Å². The number of nitrogens with zero attached hydrogens (tertiary/aromatic N) is 2. The molecule has 1 saturated heterocycles. The molecule has 1 aliphatic rings. The van der Waals surface area contributed by atoms with Crippen LogP contribution in [0.15, 0.2) is 24.3 Å². The molecule has 0 amide bonds. The first-order valence-corrected chi connectivity index (χ1v) is 7.00. The van der Waals surface area contributed by atoms with E-state index in [2.05, 4.69) is 35.9 Å². The number of ether oxygens (including phenoxy) is 1. The lowest BCUT2D eigenvalue weighted by Crippen LogP contribution is -2.33. The number of aromatic nitrogens is 2. The Morgan fingerprint density at radius 2 is 2.26 bits per heavy atom. The van der Waals surface area contributed by atoms with Crippen LogP contribution in [0.3, 0.4) is 0 Å². The van der Waals surface area contributed by atoms with E-state index in [1.807, 2.05) is 0 Å². The molecule has 0 aliphatic carbocycles. The van der Waals surface area contributed by atoms with E-state index in [4.69, 9.17) is 15.6 Å². The van der Waals surface area contributed by atoms with Crippen molar-refractivity contribution >= 4 is 10.9 Å². The molecule has 2 N–H and O–H groups in total. The van der Waals surface area contributed by atoms with Crippen LogP contribution in [0.5, 0.6) is 0 Å². The molecule has 1 atom stereocenters. The van der Waals surface area contributed by atoms with Crippen molar-refractivity contribution in [1.29, 1.82) is 0 Å². The molecule has 1 aliphatic heterocycles. The quantitative estimate of drug-likeness (QED) is 0.913. The lowest BCUT2D eigenvalue weighted by atomic mass is 9.82. The van der Waals surface area contributed by atoms with Crippen molar-refractivity contribution in [3.05, 3.63) is 30.0 Å². The number of rotatable bonds is 4. The van der Waals surface area contributed by atoms with Gasteiger partial charge in [0.05, 0.1) is 17.8 Å². The zero-order valence-electron chi connectivity index (χ0n) is 11.4. The second-order valence-corrected chi connectivity index (χ2v) is 5.46. The fourth-order valence-corrected chi connectivity index (χ4v) is 2.95. The molecule has 19 heavy (non-hydrogen) atoms. The third kappa shape index (κ3) is 2.15. The summed E-state index contributed by atoms with van der Waals surface area (Å²) in [4.78, 5) is 0. The van der Waals surface area contributed by atoms with Gasteiger partial charge in [-0.1, -0.05) is 18.2 Å². The van der Waals surface area contributed by atoms with Crippen LogP contribution in [0.25, 0.3) is 10.9 Å². The Morgan fingerprint density at radius 1 is 1.42 bits per heavy atom. The standard InChI is InChI=1S/C15H21N3O/c1-2-18-14-6-4-3-5-12(14)13(17-18)9-15(10-16)7-8-19-11-15/h3-6H,2,7-11,16H2,1H3. The lowest BCUT2D eigenvalue weighted by molar-refractivity contribution is 0.154. The maximum Gasteiger partial charge on any atom is 0.0710 e. The molecular weight excluding hydrogens is 238 g/mol. The molecule has 1 aromatic heterocycles. The van der Waals surface area contributed by atoms with Crippen molar-refractivity contribution in [3.8, 4) is 0 Å². The first kappa shape index (κ1) is 12.6. The summed E-state index contributed by atoms with van der Waals surface area (Å²) in [7, 11) is 0. The summed E-state index contributed by atoms with van der Waals surface area (Å²) in [6.07, 6.45) is 1.95. The Hall–Kier alpha value is -1.39. The van der Waals surface area contributed by atoms with Gasteiger partial charge in [0.15, 0.2) is 0 Å². The number of hydrogen-bond acceptors (Lipinski definition) is 3. The van der Waals surface area contributed by atoms with Crippen LogP contribution in [-0.2, 0) is 17.7 Å². The average Bonchev–Trinajstić information content (AvgIpc) is 3.05. The van der Waals surface area contributed by atoms with Crippen molar-refractivity contribution in [3.63, 3.8) is 0 Å². The molecule has 4 heteroatoms. The van der Waals surface area contributed by atoms with Gasteiger partial charge in [-0.25, -0.2) is 0 Å². The fourth-order valence-electron chi connectivity index (χ4n) is 2.95. The van der Waals surface area contributed by atoms with Crippen molar-refractivity contribution < 1.29 is 4.74 Å². The van der Waals surface area contributed by atoms with Gasteiger partial charge in [0.25, 0.3) is 0 Å². The number of fused-ring (bicyclic) bond motifs is 1. The predicted octanol–water partition coefficient (Wildman–Crippen LogP) is 1.96. The minimum absolute atomic E-state index is 0.0791. The monoisotopic (exact) mass is 259 g/mol. The molecule has 102 valence electrons. The number of aryl methyl sites for hydroxylation is 1. The fraction of sp³-hybridized carbons (Fsp3) is 0.533. The topological polar surface area (TPSA) is 53.1 Å². The van der Waals surface area contributed by atoms with Crippen LogP contribution in [0, 0.1) is 5.41 Å². The molecule has 0 saturated carbocycles. The summed E-state index contributed by atoms with van der Waals surface area (Å²) in [5, 5.41) is 6.02. The van der Waals surface area contributed by atoms with Crippen LogP contribution in [0.2, 0.25) is 0 Å². The van der Waals surface area contributed by atoms with Crippen LogP contribution < -0.4 is 5.73 Å². The van der Waals surface area contributed by atoms with Gasteiger partial charge in [0.1, 0.15) is 0 Å². The van der Waals surface area contributed by atoms with Gasteiger partial charge in [-0.05, 0) is 19.4 Å². The normalized spacial score (nSPS) is 23.3. The summed E-state index contributed by atoms with van der Waals surface area (Å²) in [5.41, 5.74) is 8.44. The van der Waals surface area contributed by atoms with Gasteiger partial charge in [-0.2, -0.15) is 5.10 Å². The summed E-state index contributed by atoms with van der Waals surface area (Å²) in [5.74, 6) is 0. The smallest absolute Gasteiger partial charge is 0.0710 e. The first-order valence-electron chi connectivity index (χ1n) is 7.00.